The molecule has 3 aromatic rings. The molecular weight excluding hydrogens is 504 g/mol. The van der Waals surface area contributed by atoms with E-state index in [1.807, 2.05) is 25.9 Å². The van der Waals surface area contributed by atoms with Gasteiger partial charge in [-0.1, -0.05) is 23.2 Å². The van der Waals surface area contributed by atoms with Crippen LogP contribution >= 0.6 is 23.2 Å². The van der Waals surface area contributed by atoms with Gasteiger partial charge in [0.05, 0.1) is 26.2 Å². The molecule has 0 aliphatic heterocycles. The van der Waals surface area contributed by atoms with Crippen LogP contribution in [0.3, 0.4) is 0 Å². The predicted molar refractivity (Wildman–Crippen MR) is 119 cm³/mol. The van der Waals surface area contributed by atoms with Crippen molar-refractivity contribution in [3.8, 4) is 11.5 Å². The summed E-state index contributed by atoms with van der Waals surface area (Å²) in [5.74, 6) is 0.255. The number of nitrogens with one attached hydrogen (secondary N) is 1. The van der Waals surface area contributed by atoms with E-state index in [0.29, 0.717) is 12.6 Å². The van der Waals surface area contributed by atoms with Gasteiger partial charge >= 0.3 is 6.18 Å². The van der Waals surface area contributed by atoms with Gasteiger partial charge in [0.2, 0.25) is 0 Å². The van der Waals surface area contributed by atoms with Crippen LogP contribution in [0, 0.1) is 0 Å². The van der Waals surface area contributed by atoms with Gasteiger partial charge in [0.1, 0.15) is 12.0 Å². The Morgan fingerprint density at radius 1 is 1.21 bits per heavy atom. The van der Waals surface area contributed by atoms with Crippen LogP contribution in [0.15, 0.2) is 41.7 Å². The summed E-state index contributed by atoms with van der Waals surface area (Å²) in [5, 5.41) is 7.44. The third-order valence-corrected chi connectivity index (χ3v) is 6.44. The third-order valence-electron chi connectivity index (χ3n) is 4.54. The third kappa shape index (κ3) is 5.75. The molecule has 14 heteroatoms. The first-order valence-electron chi connectivity index (χ1n) is 9.39. The van der Waals surface area contributed by atoms with Gasteiger partial charge in [0.25, 0.3) is 10.0 Å². The van der Waals surface area contributed by atoms with Crippen molar-refractivity contribution in [1.29, 1.82) is 0 Å². The maximum absolute atomic E-state index is 13.2. The zero-order valence-electron chi connectivity index (χ0n) is 17.6. The summed E-state index contributed by atoms with van der Waals surface area (Å²) in [6, 6.07) is 3.49. The molecule has 0 spiro atoms. The predicted octanol–water partition coefficient (Wildman–Crippen LogP) is 4.59. The molecule has 1 atom stereocenters. The second kappa shape index (κ2) is 9.45. The molecule has 0 bridgehead atoms. The van der Waals surface area contributed by atoms with Crippen LogP contribution in [-0.2, 0) is 16.2 Å². The molecule has 0 aliphatic carbocycles. The first-order chi connectivity index (χ1) is 15.3. The van der Waals surface area contributed by atoms with Crippen molar-refractivity contribution >= 4 is 38.9 Å². The lowest BCUT2D eigenvalue weighted by Crippen LogP contribution is -2.23. The van der Waals surface area contributed by atoms with Crippen molar-refractivity contribution < 1.29 is 21.6 Å². The number of alkyl halides is 3. The number of sulfonamides is 1. The average Bonchev–Trinajstić information content (AvgIpc) is 3.16. The van der Waals surface area contributed by atoms with Gasteiger partial charge in [-0.25, -0.2) is 13.4 Å². The average molecular weight is 523 g/mol. The zero-order chi connectivity index (χ0) is 24.6. The summed E-state index contributed by atoms with van der Waals surface area (Å²) in [4.78, 5) is 5.51. The van der Waals surface area contributed by atoms with Gasteiger partial charge in [0.15, 0.2) is 5.82 Å². The number of pyridine rings is 1. The highest BCUT2D eigenvalue weighted by Crippen LogP contribution is 2.37. The van der Waals surface area contributed by atoms with Gasteiger partial charge in [-0.05, 0) is 45.3 Å². The van der Waals surface area contributed by atoms with E-state index in [0.717, 1.165) is 12.1 Å². The van der Waals surface area contributed by atoms with E-state index in [1.165, 1.54) is 18.6 Å². The summed E-state index contributed by atoms with van der Waals surface area (Å²) >= 11 is 11.6. The largest absolute Gasteiger partial charge is 0.417 e. The highest BCUT2D eigenvalue weighted by atomic mass is 35.5. The summed E-state index contributed by atoms with van der Waals surface area (Å²) in [6.07, 6.45) is -2.05. The molecule has 0 aliphatic rings. The van der Waals surface area contributed by atoms with Crippen molar-refractivity contribution in [3.63, 3.8) is 0 Å². The molecule has 0 fully saturated rings. The molecule has 33 heavy (non-hydrogen) atoms. The summed E-state index contributed by atoms with van der Waals surface area (Å²) < 4.78 is 69.5. The molecular formula is C19H19Cl2F3N6O2S. The van der Waals surface area contributed by atoms with Crippen LogP contribution in [0.4, 0.5) is 18.9 Å². The number of rotatable bonds is 7. The summed E-state index contributed by atoms with van der Waals surface area (Å²) in [7, 11) is -0.687. The Labute approximate surface area is 198 Å². The molecule has 178 valence electrons. The maximum Gasteiger partial charge on any atom is 0.417 e. The highest BCUT2D eigenvalue weighted by molar-refractivity contribution is 7.92. The fraction of sp³-hybridized carbons (Fsp3) is 0.316. The Balaban J connectivity index is 2.05. The first kappa shape index (κ1) is 25.2. The lowest BCUT2D eigenvalue weighted by molar-refractivity contribution is -0.137. The standard InChI is InChI=1S/C19H19Cl2F3N6O2S/c1-11(9-29(2)3)30-10-26-27-18(30)17-16(6-12(20)8-25-17)28-33(31,32)13-4-5-15(21)14(7-13)19(22,23)24/h4-8,10-11,28H,9H2,1-3H3. The second-order valence-electron chi connectivity index (χ2n) is 7.47. The second-order valence-corrected chi connectivity index (χ2v) is 9.99. The van der Waals surface area contributed by atoms with Crippen LogP contribution in [-0.4, -0.2) is 53.7 Å². The number of likely N-dealkylation sites (N-methyl/N-ethyl adjacent to an activating group) is 1. The lowest BCUT2D eigenvalue weighted by atomic mass is 10.2. The van der Waals surface area contributed by atoms with Crippen LogP contribution < -0.4 is 4.72 Å². The van der Waals surface area contributed by atoms with Crippen LogP contribution in [0.5, 0.6) is 0 Å². The van der Waals surface area contributed by atoms with E-state index < -0.39 is 31.7 Å². The van der Waals surface area contributed by atoms with E-state index in [4.69, 9.17) is 23.2 Å². The maximum atomic E-state index is 13.2. The molecule has 2 heterocycles. The Bertz CT molecular complexity index is 1260. The number of aromatic nitrogens is 4. The van der Waals surface area contributed by atoms with E-state index in [-0.39, 0.29) is 28.3 Å². The van der Waals surface area contributed by atoms with E-state index in [9.17, 15) is 21.6 Å². The van der Waals surface area contributed by atoms with E-state index in [1.54, 1.807) is 4.57 Å². The minimum Gasteiger partial charge on any atom is -0.308 e. The Morgan fingerprint density at radius 3 is 2.55 bits per heavy atom. The molecule has 2 aromatic heterocycles. The summed E-state index contributed by atoms with van der Waals surface area (Å²) in [5.41, 5.74) is -1.23. The van der Waals surface area contributed by atoms with E-state index in [2.05, 4.69) is 19.9 Å². The van der Waals surface area contributed by atoms with Crippen molar-refractivity contribution in [1.82, 2.24) is 24.6 Å². The smallest absolute Gasteiger partial charge is 0.308 e. The Kier molecular flexibility index (Phi) is 7.22. The number of nitrogens with zero attached hydrogens (tertiary/aromatic N) is 5. The molecule has 0 radical (unpaired) electrons. The number of hydrogen-bond donors (Lipinski definition) is 1. The van der Waals surface area contributed by atoms with E-state index >= 15 is 0 Å². The molecule has 0 amide bonds. The zero-order valence-corrected chi connectivity index (χ0v) is 19.9. The SMILES string of the molecule is CC(CN(C)C)n1cnnc1-c1ncc(Cl)cc1NS(=O)(=O)c1ccc(Cl)c(C(F)(F)F)c1. The van der Waals surface area contributed by atoms with Crippen molar-refractivity contribution in [3.05, 3.63) is 52.4 Å². The number of hydrogen-bond acceptors (Lipinski definition) is 6. The molecule has 1 unspecified atom stereocenters. The van der Waals surface area contributed by atoms with Crippen LogP contribution in [0.2, 0.25) is 10.0 Å². The molecule has 1 aromatic carbocycles. The lowest BCUT2D eigenvalue weighted by Gasteiger charge is -2.20. The Morgan fingerprint density at radius 2 is 1.91 bits per heavy atom. The molecule has 3 rings (SSSR count). The molecule has 0 saturated carbocycles. The number of halogens is 5. The van der Waals surface area contributed by atoms with Crippen LogP contribution in [0.1, 0.15) is 18.5 Å². The van der Waals surface area contributed by atoms with Crippen molar-refractivity contribution in [2.24, 2.45) is 0 Å². The Hall–Kier alpha value is -2.41. The quantitative estimate of drug-likeness (QED) is 0.487. The normalized spacial score (nSPS) is 13.4. The molecule has 8 nitrogen and oxygen atoms in total. The van der Waals surface area contributed by atoms with Gasteiger partial charge in [-0.2, -0.15) is 13.2 Å². The van der Waals surface area contributed by atoms with Gasteiger partial charge in [-0.3, -0.25) is 4.72 Å². The first-order valence-corrected chi connectivity index (χ1v) is 11.6. The minimum atomic E-state index is -4.83. The number of benzene rings is 1. The molecule has 0 saturated heterocycles. The highest BCUT2D eigenvalue weighted by Gasteiger charge is 2.34. The monoisotopic (exact) mass is 522 g/mol. The van der Waals surface area contributed by atoms with Crippen molar-refractivity contribution in [2.75, 3.05) is 25.4 Å². The van der Waals surface area contributed by atoms with Gasteiger partial charge in [0, 0.05) is 18.8 Å². The minimum absolute atomic E-state index is 0.0719. The number of anilines is 1. The fourth-order valence-corrected chi connectivity index (χ4v) is 4.60. The van der Waals surface area contributed by atoms with Crippen molar-refractivity contribution in [2.45, 2.75) is 24.0 Å². The van der Waals surface area contributed by atoms with Gasteiger partial charge < -0.3 is 9.47 Å². The van der Waals surface area contributed by atoms with Crippen LogP contribution in [0.25, 0.3) is 11.5 Å². The molecule has 1 N–H and O–H groups in total. The topological polar surface area (TPSA) is 93.0 Å². The fourth-order valence-electron chi connectivity index (χ4n) is 3.14. The van der Waals surface area contributed by atoms with Gasteiger partial charge in [-0.15, -0.1) is 10.2 Å². The summed E-state index contributed by atoms with van der Waals surface area (Å²) in [6.45, 7) is 2.55.